The number of anilines is 1. The normalized spacial score (nSPS) is 10.8. The van der Waals surface area contributed by atoms with Gasteiger partial charge in [-0.15, -0.1) is 0 Å². The van der Waals surface area contributed by atoms with E-state index in [2.05, 4.69) is 33.0 Å². The molecule has 0 spiro atoms. The summed E-state index contributed by atoms with van der Waals surface area (Å²) in [6, 6.07) is 12.8. The van der Waals surface area contributed by atoms with Gasteiger partial charge in [0, 0.05) is 5.69 Å². The summed E-state index contributed by atoms with van der Waals surface area (Å²) in [6.07, 6.45) is 0. The zero-order chi connectivity index (χ0) is 20.7. The molecule has 0 saturated heterocycles. The van der Waals surface area contributed by atoms with E-state index in [1.54, 1.807) is 31.2 Å². The number of rotatable bonds is 8. The van der Waals surface area contributed by atoms with Crippen molar-refractivity contribution in [2.24, 2.45) is 0 Å². The number of benzene rings is 2. The van der Waals surface area contributed by atoms with Gasteiger partial charge >= 0.3 is 5.97 Å². The van der Waals surface area contributed by atoms with Gasteiger partial charge in [0.2, 0.25) is 0 Å². The molecular weight excluding hydrogens is 354 g/mol. The molecule has 0 heterocycles. The lowest BCUT2D eigenvalue weighted by Crippen LogP contribution is -2.23. The number of para-hydroxylation sites is 2. The Morgan fingerprint density at radius 1 is 0.929 bits per heavy atom. The maximum absolute atomic E-state index is 12.6. The summed E-state index contributed by atoms with van der Waals surface area (Å²) < 4.78 is 10.7. The number of hydrogen-bond acceptors (Lipinski definition) is 4. The summed E-state index contributed by atoms with van der Waals surface area (Å²) in [7, 11) is 0. The van der Waals surface area contributed by atoms with Gasteiger partial charge in [-0.05, 0) is 42.0 Å². The molecule has 0 aliphatic carbocycles. The molecule has 1 N–H and O–H groups in total. The Hall–Kier alpha value is -2.82. The quantitative estimate of drug-likeness (QED) is 0.642. The third-order valence-electron chi connectivity index (χ3n) is 4.38. The summed E-state index contributed by atoms with van der Waals surface area (Å²) >= 11 is 0. The van der Waals surface area contributed by atoms with Gasteiger partial charge in [0.1, 0.15) is 11.3 Å². The second-order valence-corrected chi connectivity index (χ2v) is 7.17. The topological polar surface area (TPSA) is 64.6 Å². The Balaban J connectivity index is 2.16. The third-order valence-corrected chi connectivity index (χ3v) is 4.38. The van der Waals surface area contributed by atoms with Crippen LogP contribution in [0.3, 0.4) is 0 Å². The molecule has 0 bridgehead atoms. The van der Waals surface area contributed by atoms with Crippen LogP contribution in [-0.2, 0) is 9.53 Å². The Kier molecular flexibility index (Phi) is 7.61. The Morgan fingerprint density at radius 2 is 1.54 bits per heavy atom. The molecule has 0 radical (unpaired) electrons. The fraction of sp³-hybridized carbons (Fsp3) is 0.391. The van der Waals surface area contributed by atoms with Crippen molar-refractivity contribution in [3.8, 4) is 5.75 Å². The van der Waals surface area contributed by atoms with Gasteiger partial charge in [0.05, 0.1) is 6.61 Å². The summed E-state index contributed by atoms with van der Waals surface area (Å²) in [5, 5.41) is 3.01. The fourth-order valence-corrected chi connectivity index (χ4v) is 2.98. The van der Waals surface area contributed by atoms with Crippen molar-refractivity contribution >= 4 is 17.6 Å². The van der Waals surface area contributed by atoms with Crippen LogP contribution in [0.25, 0.3) is 0 Å². The molecule has 0 saturated carbocycles. The maximum Gasteiger partial charge on any atom is 0.341 e. The average molecular weight is 383 g/mol. The van der Waals surface area contributed by atoms with Crippen molar-refractivity contribution < 1.29 is 19.1 Å². The molecule has 0 aromatic heterocycles. The van der Waals surface area contributed by atoms with Crippen LogP contribution >= 0.6 is 0 Å². The van der Waals surface area contributed by atoms with Gasteiger partial charge in [-0.2, -0.15) is 0 Å². The number of esters is 1. The number of carbonyl (C=O) groups excluding carboxylic acids is 2. The first kappa shape index (κ1) is 21.5. The van der Waals surface area contributed by atoms with Crippen LogP contribution < -0.4 is 10.1 Å². The fourth-order valence-electron chi connectivity index (χ4n) is 2.98. The molecule has 0 unspecified atom stereocenters. The van der Waals surface area contributed by atoms with E-state index in [9.17, 15) is 9.59 Å². The highest BCUT2D eigenvalue weighted by atomic mass is 16.5. The number of nitrogens with one attached hydrogen (secondary N) is 1. The molecule has 1 amide bonds. The van der Waals surface area contributed by atoms with Crippen molar-refractivity contribution in [3.63, 3.8) is 0 Å². The van der Waals surface area contributed by atoms with Crippen molar-refractivity contribution in [3.05, 3.63) is 59.2 Å². The van der Waals surface area contributed by atoms with E-state index in [1.165, 1.54) is 0 Å². The van der Waals surface area contributed by atoms with Crippen LogP contribution in [0.15, 0.2) is 42.5 Å². The highest BCUT2D eigenvalue weighted by molar-refractivity contribution is 5.95. The van der Waals surface area contributed by atoms with Crippen LogP contribution in [-0.4, -0.2) is 25.1 Å². The minimum absolute atomic E-state index is 0.194. The zero-order valence-electron chi connectivity index (χ0n) is 17.2. The predicted octanol–water partition coefficient (Wildman–Crippen LogP) is 5.13. The van der Waals surface area contributed by atoms with Gasteiger partial charge in [-0.3, -0.25) is 4.79 Å². The third kappa shape index (κ3) is 5.35. The smallest absolute Gasteiger partial charge is 0.341 e. The number of hydrogen-bond donors (Lipinski definition) is 1. The van der Waals surface area contributed by atoms with E-state index in [0.717, 1.165) is 16.8 Å². The molecule has 0 atom stereocenters. The van der Waals surface area contributed by atoms with Crippen molar-refractivity contribution in [1.29, 1.82) is 0 Å². The van der Waals surface area contributed by atoms with Gasteiger partial charge in [0.15, 0.2) is 6.61 Å². The Bertz CT molecular complexity index is 801. The van der Waals surface area contributed by atoms with Crippen LogP contribution in [0.4, 0.5) is 5.69 Å². The molecule has 150 valence electrons. The first-order valence-electron chi connectivity index (χ1n) is 9.66. The molecular formula is C23H29NO4. The molecule has 0 fully saturated rings. The van der Waals surface area contributed by atoms with E-state index in [4.69, 9.17) is 9.47 Å². The molecule has 28 heavy (non-hydrogen) atoms. The molecule has 2 rings (SSSR count). The van der Waals surface area contributed by atoms with Crippen molar-refractivity contribution in [1.82, 2.24) is 0 Å². The van der Waals surface area contributed by atoms with E-state index in [-0.39, 0.29) is 31.0 Å². The Morgan fingerprint density at radius 3 is 2.11 bits per heavy atom. The van der Waals surface area contributed by atoms with Crippen LogP contribution in [0, 0.1) is 0 Å². The van der Waals surface area contributed by atoms with E-state index in [0.29, 0.717) is 11.3 Å². The SMILES string of the molecule is CCOC(=O)c1ccccc1OCC(=O)Nc1c(C(C)C)cccc1C(C)C. The second kappa shape index (κ2) is 9.93. The highest BCUT2D eigenvalue weighted by Crippen LogP contribution is 2.32. The first-order valence-corrected chi connectivity index (χ1v) is 9.66. The second-order valence-electron chi connectivity index (χ2n) is 7.17. The monoisotopic (exact) mass is 383 g/mol. The summed E-state index contributed by atoms with van der Waals surface area (Å²) in [6.45, 7) is 10.2. The lowest BCUT2D eigenvalue weighted by molar-refractivity contribution is -0.118. The average Bonchev–Trinajstić information content (AvgIpc) is 2.66. The minimum atomic E-state index is -0.467. The van der Waals surface area contributed by atoms with E-state index in [1.807, 2.05) is 18.2 Å². The summed E-state index contributed by atoms with van der Waals surface area (Å²) in [5.41, 5.74) is 3.33. The van der Waals surface area contributed by atoms with Crippen molar-refractivity contribution in [2.75, 3.05) is 18.5 Å². The van der Waals surface area contributed by atoms with E-state index < -0.39 is 5.97 Å². The summed E-state index contributed by atoms with van der Waals surface area (Å²) in [5.74, 6) is 0.149. The maximum atomic E-state index is 12.6. The van der Waals surface area contributed by atoms with E-state index >= 15 is 0 Å². The van der Waals surface area contributed by atoms with Crippen LogP contribution in [0.1, 0.15) is 67.9 Å². The van der Waals surface area contributed by atoms with Crippen LogP contribution in [0.5, 0.6) is 5.75 Å². The number of ether oxygens (including phenoxy) is 2. The summed E-state index contributed by atoms with van der Waals surface area (Å²) in [4.78, 5) is 24.6. The molecule has 5 nitrogen and oxygen atoms in total. The largest absolute Gasteiger partial charge is 0.483 e. The van der Waals surface area contributed by atoms with Gasteiger partial charge < -0.3 is 14.8 Å². The molecule has 0 aliphatic heterocycles. The standard InChI is InChI=1S/C23H29NO4/c1-6-27-23(26)19-10-7-8-13-20(19)28-14-21(25)24-22-17(15(2)3)11-9-12-18(22)16(4)5/h7-13,15-16H,6,14H2,1-5H3,(H,24,25). The lowest BCUT2D eigenvalue weighted by atomic mass is 9.92. The Labute approximate surface area is 167 Å². The molecule has 2 aromatic rings. The number of amides is 1. The van der Waals surface area contributed by atoms with Crippen LogP contribution in [0.2, 0.25) is 0 Å². The highest BCUT2D eigenvalue weighted by Gasteiger charge is 2.18. The lowest BCUT2D eigenvalue weighted by Gasteiger charge is -2.20. The van der Waals surface area contributed by atoms with Gasteiger partial charge in [-0.25, -0.2) is 4.79 Å². The predicted molar refractivity (Wildman–Crippen MR) is 111 cm³/mol. The zero-order valence-corrected chi connectivity index (χ0v) is 17.2. The molecule has 5 heteroatoms. The molecule has 0 aliphatic rings. The van der Waals surface area contributed by atoms with Crippen molar-refractivity contribution in [2.45, 2.75) is 46.5 Å². The first-order chi connectivity index (χ1) is 13.3. The van der Waals surface area contributed by atoms with Gasteiger partial charge in [0.25, 0.3) is 5.91 Å². The van der Waals surface area contributed by atoms with Gasteiger partial charge in [-0.1, -0.05) is 58.0 Å². The molecule has 2 aromatic carbocycles. The number of carbonyl (C=O) groups is 2. The minimum Gasteiger partial charge on any atom is -0.483 e.